The van der Waals surface area contributed by atoms with Gasteiger partial charge in [0.2, 0.25) is 10.0 Å². The molecule has 0 aliphatic heterocycles. The van der Waals surface area contributed by atoms with E-state index in [0.717, 1.165) is 39.8 Å². The number of ether oxygens (including phenoxy) is 1. The predicted octanol–water partition coefficient (Wildman–Crippen LogP) is 5.20. The molecule has 33 heavy (non-hydrogen) atoms. The van der Waals surface area contributed by atoms with E-state index >= 15 is 0 Å². The highest BCUT2D eigenvalue weighted by atomic mass is 32.2. The third-order valence-electron chi connectivity index (χ3n) is 5.16. The van der Waals surface area contributed by atoms with Crippen molar-refractivity contribution in [2.75, 3.05) is 18.1 Å². The van der Waals surface area contributed by atoms with Crippen LogP contribution in [0, 0.1) is 6.92 Å². The van der Waals surface area contributed by atoms with Crippen molar-refractivity contribution in [2.24, 2.45) is 0 Å². The normalized spacial score (nSPS) is 12.2. The van der Waals surface area contributed by atoms with Gasteiger partial charge >= 0.3 is 0 Å². The van der Waals surface area contributed by atoms with Gasteiger partial charge in [-0.25, -0.2) is 8.42 Å². The molecule has 0 amide bonds. The number of methoxy groups -OCH3 is 1. The second-order valence-electron chi connectivity index (χ2n) is 9.15. The van der Waals surface area contributed by atoms with Crippen LogP contribution in [0.15, 0.2) is 53.5 Å². The summed E-state index contributed by atoms with van der Waals surface area (Å²) >= 11 is 0. The maximum atomic E-state index is 12.6. The zero-order valence-electron chi connectivity index (χ0n) is 19.8. The highest BCUT2D eigenvalue weighted by molar-refractivity contribution is 7.92. The van der Waals surface area contributed by atoms with E-state index in [2.05, 4.69) is 30.5 Å². The van der Waals surface area contributed by atoms with E-state index in [-0.39, 0.29) is 11.0 Å². The van der Waals surface area contributed by atoms with Crippen molar-refractivity contribution in [1.82, 2.24) is 4.98 Å². The molecular formula is C26H30N2O4S. The van der Waals surface area contributed by atoms with Crippen LogP contribution in [0.3, 0.4) is 0 Å². The number of aromatic amines is 1. The van der Waals surface area contributed by atoms with Crippen molar-refractivity contribution in [1.29, 1.82) is 0 Å². The lowest BCUT2D eigenvalue weighted by atomic mass is 9.83. The number of pyridine rings is 1. The smallest absolute Gasteiger partial charge is 0.255 e. The van der Waals surface area contributed by atoms with Crippen LogP contribution >= 0.6 is 0 Å². The topological polar surface area (TPSA) is 88.3 Å². The molecule has 2 aromatic carbocycles. The van der Waals surface area contributed by atoms with Crippen LogP contribution < -0.4 is 15.0 Å². The fraction of sp³-hybridized carbons (Fsp3) is 0.269. The van der Waals surface area contributed by atoms with Crippen molar-refractivity contribution in [3.8, 4) is 16.9 Å². The second-order valence-corrected chi connectivity index (χ2v) is 10.9. The largest absolute Gasteiger partial charge is 0.496 e. The first-order chi connectivity index (χ1) is 15.4. The molecule has 0 unspecified atom stereocenters. The Kier molecular flexibility index (Phi) is 6.84. The van der Waals surface area contributed by atoms with E-state index in [1.165, 1.54) is 0 Å². The van der Waals surface area contributed by atoms with Gasteiger partial charge in [0.25, 0.3) is 5.56 Å². The fourth-order valence-electron chi connectivity index (χ4n) is 3.58. The minimum absolute atomic E-state index is 0.144. The summed E-state index contributed by atoms with van der Waals surface area (Å²) in [5, 5.41) is 0. The van der Waals surface area contributed by atoms with Gasteiger partial charge in [-0.3, -0.25) is 9.52 Å². The van der Waals surface area contributed by atoms with Crippen molar-refractivity contribution in [2.45, 2.75) is 33.1 Å². The third kappa shape index (κ3) is 6.14. The molecule has 3 rings (SSSR count). The highest BCUT2D eigenvalue weighted by Crippen LogP contribution is 2.38. The first-order valence-electron chi connectivity index (χ1n) is 10.6. The lowest BCUT2D eigenvalue weighted by Crippen LogP contribution is -2.15. The average molecular weight is 467 g/mol. The summed E-state index contributed by atoms with van der Waals surface area (Å²) in [6.07, 6.45) is 6.69. The molecule has 0 aliphatic carbocycles. The molecule has 1 aromatic heterocycles. The predicted molar refractivity (Wildman–Crippen MR) is 136 cm³/mol. The molecule has 174 valence electrons. The number of hydrogen-bond donors (Lipinski definition) is 2. The number of rotatable bonds is 6. The average Bonchev–Trinajstić information content (AvgIpc) is 2.72. The Hall–Kier alpha value is -3.32. The second kappa shape index (κ2) is 9.27. The van der Waals surface area contributed by atoms with Crippen LogP contribution in [0.2, 0.25) is 0 Å². The summed E-state index contributed by atoms with van der Waals surface area (Å²) in [5.41, 5.74) is 5.28. The van der Waals surface area contributed by atoms with Crippen molar-refractivity contribution < 1.29 is 13.2 Å². The number of anilines is 1. The van der Waals surface area contributed by atoms with Crippen LogP contribution in [0.4, 0.5) is 5.69 Å². The zero-order chi connectivity index (χ0) is 24.4. The summed E-state index contributed by atoms with van der Waals surface area (Å²) in [4.78, 5) is 15.4. The molecule has 1 heterocycles. The van der Waals surface area contributed by atoms with Gasteiger partial charge in [-0.05, 0) is 59.4 Å². The number of sulfonamides is 1. The van der Waals surface area contributed by atoms with E-state index in [1.54, 1.807) is 25.4 Å². The van der Waals surface area contributed by atoms with Gasteiger partial charge in [0.1, 0.15) is 5.75 Å². The molecule has 0 saturated carbocycles. The molecule has 0 bridgehead atoms. The van der Waals surface area contributed by atoms with Gasteiger partial charge in [0.05, 0.1) is 13.4 Å². The molecule has 0 saturated heterocycles. The summed E-state index contributed by atoms with van der Waals surface area (Å²) in [7, 11) is -1.68. The molecule has 7 heteroatoms. The number of hydrogen-bond acceptors (Lipinski definition) is 4. The van der Waals surface area contributed by atoms with Gasteiger partial charge in [0, 0.05) is 28.6 Å². The Labute approximate surface area is 195 Å². The Morgan fingerprint density at radius 3 is 2.27 bits per heavy atom. The van der Waals surface area contributed by atoms with E-state index in [9.17, 15) is 13.2 Å². The fourth-order valence-corrected chi connectivity index (χ4v) is 4.15. The summed E-state index contributed by atoms with van der Waals surface area (Å²) < 4.78 is 31.1. The van der Waals surface area contributed by atoms with E-state index in [4.69, 9.17) is 4.74 Å². The van der Waals surface area contributed by atoms with Crippen molar-refractivity contribution in [3.63, 3.8) is 0 Å². The molecule has 0 atom stereocenters. The summed E-state index contributed by atoms with van der Waals surface area (Å²) in [5.74, 6) is 0.752. The maximum absolute atomic E-state index is 12.6. The number of nitrogens with one attached hydrogen (secondary N) is 2. The van der Waals surface area contributed by atoms with E-state index in [0.29, 0.717) is 11.3 Å². The third-order valence-corrected chi connectivity index (χ3v) is 5.76. The van der Waals surface area contributed by atoms with E-state index < -0.39 is 10.0 Å². The molecule has 0 fully saturated rings. The molecule has 2 N–H and O–H groups in total. The SMILES string of the molecule is COc1c(/C=C/c2ccc(NS(C)(=O)=O)cc2)cc(-c2cc(C)c[nH]c2=O)cc1C(C)(C)C. The molecule has 3 aromatic rings. The lowest BCUT2D eigenvalue weighted by Gasteiger charge is -2.24. The van der Waals surface area contributed by atoms with Crippen LogP contribution in [0.5, 0.6) is 5.75 Å². The molecule has 0 radical (unpaired) electrons. The Balaban J connectivity index is 2.10. The van der Waals surface area contributed by atoms with Crippen LogP contribution in [-0.2, 0) is 15.4 Å². The highest BCUT2D eigenvalue weighted by Gasteiger charge is 2.22. The number of aryl methyl sites for hydroxylation is 1. The van der Waals surface area contributed by atoms with Crippen LogP contribution in [-0.4, -0.2) is 26.8 Å². The van der Waals surface area contributed by atoms with Gasteiger partial charge in [-0.15, -0.1) is 0 Å². The Bertz CT molecular complexity index is 1350. The lowest BCUT2D eigenvalue weighted by molar-refractivity contribution is 0.397. The van der Waals surface area contributed by atoms with Gasteiger partial charge < -0.3 is 9.72 Å². The van der Waals surface area contributed by atoms with Gasteiger partial charge in [-0.1, -0.05) is 45.1 Å². The van der Waals surface area contributed by atoms with Crippen LogP contribution in [0.25, 0.3) is 23.3 Å². The molecule has 0 aliphatic rings. The summed E-state index contributed by atoms with van der Waals surface area (Å²) in [6, 6.07) is 12.9. The standard InChI is InChI=1S/C26H30N2O4S/c1-17-13-22(25(29)27-16-17)20-14-19(24(32-5)23(15-20)26(2,3)4)10-7-18-8-11-21(12-9-18)28-33(6,30)31/h7-16,28H,1-6H3,(H,27,29)/b10-7+. The zero-order valence-corrected chi connectivity index (χ0v) is 20.6. The Morgan fingerprint density at radius 2 is 1.70 bits per heavy atom. The first kappa shape index (κ1) is 24.3. The van der Waals surface area contributed by atoms with Gasteiger partial charge in [0.15, 0.2) is 0 Å². The first-order valence-corrected chi connectivity index (χ1v) is 12.4. The minimum atomic E-state index is -3.32. The molecule has 0 spiro atoms. The van der Waals surface area contributed by atoms with Crippen molar-refractivity contribution >= 4 is 27.9 Å². The quantitative estimate of drug-likeness (QED) is 0.489. The number of H-pyrrole nitrogens is 1. The van der Waals surface area contributed by atoms with Crippen molar-refractivity contribution in [3.05, 3.63) is 81.3 Å². The van der Waals surface area contributed by atoms with E-state index in [1.807, 2.05) is 49.4 Å². The number of aromatic nitrogens is 1. The molecule has 6 nitrogen and oxygen atoms in total. The number of benzene rings is 2. The maximum Gasteiger partial charge on any atom is 0.255 e. The van der Waals surface area contributed by atoms with Gasteiger partial charge in [-0.2, -0.15) is 0 Å². The van der Waals surface area contributed by atoms with Crippen LogP contribution in [0.1, 0.15) is 43.0 Å². The molecular weight excluding hydrogens is 436 g/mol. The summed E-state index contributed by atoms with van der Waals surface area (Å²) in [6.45, 7) is 8.26. The minimum Gasteiger partial charge on any atom is -0.496 e. The Morgan fingerprint density at radius 1 is 1.03 bits per heavy atom. The monoisotopic (exact) mass is 466 g/mol.